The third-order valence-electron chi connectivity index (χ3n) is 1.88. The van der Waals surface area contributed by atoms with Crippen molar-refractivity contribution < 1.29 is 9.47 Å². The Balaban J connectivity index is 3.15. The quantitative estimate of drug-likeness (QED) is 0.764. The van der Waals surface area contributed by atoms with Crippen LogP contribution in [0.3, 0.4) is 0 Å². The van der Waals surface area contributed by atoms with E-state index < -0.39 is 0 Å². The normalized spacial score (nSPS) is 9.40. The molecule has 0 fully saturated rings. The average Bonchev–Trinajstić information content (AvgIpc) is 2.23. The molecule has 2 N–H and O–H groups in total. The van der Waals surface area contributed by atoms with Crippen LogP contribution in [-0.4, -0.2) is 13.2 Å². The minimum Gasteiger partial charge on any atom is -0.492 e. The Morgan fingerprint density at radius 2 is 1.73 bits per heavy atom. The summed E-state index contributed by atoms with van der Waals surface area (Å²) in [6.45, 7) is 4.74. The lowest BCUT2D eigenvalue weighted by Crippen LogP contribution is -2.02. The summed E-state index contributed by atoms with van der Waals surface area (Å²) >= 11 is 0. The van der Waals surface area contributed by atoms with E-state index in [1.165, 1.54) is 0 Å². The van der Waals surface area contributed by atoms with E-state index in [0.717, 1.165) is 0 Å². The lowest BCUT2D eigenvalue weighted by molar-refractivity contribution is 0.331. The molecule has 0 aromatic heterocycles. The Morgan fingerprint density at radius 3 is 2.27 bits per heavy atom. The van der Waals surface area contributed by atoms with Crippen molar-refractivity contribution >= 4 is 5.69 Å². The van der Waals surface area contributed by atoms with E-state index in [2.05, 4.69) is 0 Å². The molecule has 0 aliphatic carbocycles. The van der Waals surface area contributed by atoms with Gasteiger partial charge < -0.3 is 15.2 Å². The van der Waals surface area contributed by atoms with Crippen LogP contribution >= 0.6 is 0 Å². The predicted octanol–water partition coefficient (Wildman–Crippen LogP) is 1.94. The van der Waals surface area contributed by atoms with Gasteiger partial charge in [-0.15, -0.1) is 0 Å². The number of ether oxygens (including phenoxy) is 2. The topological polar surface area (TPSA) is 68.3 Å². The molecule has 0 aliphatic heterocycles. The van der Waals surface area contributed by atoms with Crippen molar-refractivity contribution in [2.24, 2.45) is 0 Å². The van der Waals surface area contributed by atoms with E-state index in [0.29, 0.717) is 36.0 Å². The van der Waals surface area contributed by atoms with Gasteiger partial charge in [0, 0.05) is 0 Å². The number of hydrogen-bond acceptors (Lipinski definition) is 4. The third-order valence-corrected chi connectivity index (χ3v) is 1.88. The summed E-state index contributed by atoms with van der Waals surface area (Å²) < 4.78 is 10.6. The van der Waals surface area contributed by atoms with Crippen LogP contribution in [0.25, 0.3) is 0 Å². The highest BCUT2D eigenvalue weighted by atomic mass is 16.5. The predicted molar refractivity (Wildman–Crippen MR) is 57.9 cm³/mol. The van der Waals surface area contributed by atoms with Crippen molar-refractivity contribution in [2.75, 3.05) is 18.9 Å². The first kappa shape index (κ1) is 11.2. The van der Waals surface area contributed by atoms with Crippen LogP contribution in [0, 0.1) is 11.3 Å². The van der Waals surface area contributed by atoms with E-state index >= 15 is 0 Å². The minimum atomic E-state index is 0.336. The molecule has 4 nitrogen and oxygen atoms in total. The molecule has 15 heavy (non-hydrogen) atoms. The fourth-order valence-corrected chi connectivity index (χ4v) is 1.25. The van der Waals surface area contributed by atoms with Crippen molar-refractivity contribution in [2.45, 2.75) is 13.8 Å². The highest BCUT2D eigenvalue weighted by molar-refractivity contribution is 5.68. The summed E-state index contributed by atoms with van der Waals surface area (Å²) in [5.41, 5.74) is 6.46. The van der Waals surface area contributed by atoms with Gasteiger partial charge in [0.25, 0.3) is 0 Å². The summed E-state index contributed by atoms with van der Waals surface area (Å²) in [4.78, 5) is 0. The van der Waals surface area contributed by atoms with Gasteiger partial charge in [-0.2, -0.15) is 5.26 Å². The van der Waals surface area contributed by atoms with Crippen LogP contribution < -0.4 is 15.2 Å². The second kappa shape index (κ2) is 5.11. The Morgan fingerprint density at radius 1 is 1.20 bits per heavy atom. The lowest BCUT2D eigenvalue weighted by Gasteiger charge is -2.11. The standard InChI is InChI=1S/C11H14N2O2/c1-3-14-9-5-6-10(15-4-2)11(13)8(9)7-12/h5-6H,3-4,13H2,1-2H3. The van der Waals surface area contributed by atoms with Crippen molar-refractivity contribution in [1.29, 1.82) is 5.26 Å². The maximum Gasteiger partial charge on any atom is 0.143 e. The number of nitriles is 1. The highest BCUT2D eigenvalue weighted by Gasteiger charge is 2.11. The van der Waals surface area contributed by atoms with Crippen molar-refractivity contribution in [3.63, 3.8) is 0 Å². The summed E-state index contributed by atoms with van der Waals surface area (Å²) in [6, 6.07) is 5.43. The third kappa shape index (κ3) is 2.32. The summed E-state index contributed by atoms with van der Waals surface area (Å²) in [5.74, 6) is 1.03. The first-order chi connectivity index (χ1) is 7.24. The number of rotatable bonds is 4. The fourth-order valence-electron chi connectivity index (χ4n) is 1.25. The van der Waals surface area contributed by atoms with Gasteiger partial charge in [-0.1, -0.05) is 0 Å². The van der Waals surface area contributed by atoms with Crippen molar-refractivity contribution in [1.82, 2.24) is 0 Å². The first-order valence-electron chi connectivity index (χ1n) is 4.82. The molecule has 1 aromatic carbocycles. The average molecular weight is 206 g/mol. The second-order valence-electron chi connectivity index (χ2n) is 2.83. The fraction of sp³-hybridized carbons (Fsp3) is 0.364. The summed E-state index contributed by atoms with van der Waals surface area (Å²) in [5, 5.41) is 8.95. The van der Waals surface area contributed by atoms with Crippen LogP contribution in [0.4, 0.5) is 5.69 Å². The van der Waals surface area contributed by atoms with Gasteiger partial charge in [0.2, 0.25) is 0 Å². The van der Waals surface area contributed by atoms with Crippen LogP contribution in [0.2, 0.25) is 0 Å². The maximum atomic E-state index is 8.95. The molecule has 0 spiro atoms. The Bertz CT molecular complexity index is 383. The van der Waals surface area contributed by atoms with Gasteiger partial charge in [0.1, 0.15) is 23.1 Å². The van der Waals surface area contributed by atoms with E-state index in [1.807, 2.05) is 19.9 Å². The van der Waals surface area contributed by atoms with E-state index in [-0.39, 0.29) is 0 Å². The minimum absolute atomic E-state index is 0.336. The molecular weight excluding hydrogens is 192 g/mol. The van der Waals surface area contributed by atoms with Crippen molar-refractivity contribution in [3.8, 4) is 17.6 Å². The molecule has 0 unspecified atom stereocenters. The van der Waals surface area contributed by atoms with Crippen LogP contribution in [0.5, 0.6) is 11.5 Å². The molecule has 1 rings (SSSR count). The molecule has 0 aliphatic rings. The first-order valence-corrected chi connectivity index (χ1v) is 4.82. The van der Waals surface area contributed by atoms with E-state index in [9.17, 15) is 0 Å². The molecule has 0 saturated heterocycles. The smallest absolute Gasteiger partial charge is 0.143 e. The van der Waals surface area contributed by atoms with Gasteiger partial charge in [0.15, 0.2) is 0 Å². The molecule has 0 heterocycles. The van der Waals surface area contributed by atoms with Crippen LogP contribution in [0.1, 0.15) is 19.4 Å². The lowest BCUT2D eigenvalue weighted by atomic mass is 10.1. The second-order valence-corrected chi connectivity index (χ2v) is 2.83. The number of nitrogens with zero attached hydrogens (tertiary/aromatic N) is 1. The number of hydrogen-bond donors (Lipinski definition) is 1. The largest absolute Gasteiger partial charge is 0.492 e. The van der Waals surface area contributed by atoms with Crippen molar-refractivity contribution in [3.05, 3.63) is 17.7 Å². The number of anilines is 1. The summed E-state index contributed by atoms with van der Waals surface area (Å²) in [6.07, 6.45) is 0. The molecule has 0 saturated carbocycles. The van der Waals surface area contributed by atoms with Gasteiger partial charge in [-0.05, 0) is 26.0 Å². The van der Waals surface area contributed by atoms with Gasteiger partial charge in [-0.3, -0.25) is 0 Å². The molecule has 0 atom stereocenters. The molecule has 4 heteroatoms. The Kier molecular flexibility index (Phi) is 3.81. The molecule has 0 bridgehead atoms. The van der Waals surface area contributed by atoms with Crippen LogP contribution in [0.15, 0.2) is 12.1 Å². The zero-order chi connectivity index (χ0) is 11.3. The van der Waals surface area contributed by atoms with Gasteiger partial charge >= 0.3 is 0 Å². The van der Waals surface area contributed by atoms with Gasteiger partial charge in [-0.25, -0.2) is 0 Å². The Labute approximate surface area is 89.2 Å². The SMILES string of the molecule is CCOc1ccc(OCC)c(C#N)c1N. The molecule has 0 amide bonds. The van der Waals surface area contributed by atoms with E-state index in [1.54, 1.807) is 12.1 Å². The van der Waals surface area contributed by atoms with E-state index in [4.69, 9.17) is 20.5 Å². The summed E-state index contributed by atoms with van der Waals surface area (Å²) in [7, 11) is 0. The van der Waals surface area contributed by atoms with Crippen LogP contribution in [-0.2, 0) is 0 Å². The monoisotopic (exact) mass is 206 g/mol. The zero-order valence-corrected chi connectivity index (χ0v) is 8.91. The maximum absolute atomic E-state index is 8.95. The highest BCUT2D eigenvalue weighted by Crippen LogP contribution is 2.32. The number of nitrogen functional groups attached to an aromatic ring is 1. The number of benzene rings is 1. The molecule has 0 radical (unpaired) electrons. The molecular formula is C11H14N2O2. The zero-order valence-electron chi connectivity index (χ0n) is 8.91. The van der Waals surface area contributed by atoms with Gasteiger partial charge in [0.05, 0.1) is 18.9 Å². The molecule has 80 valence electrons. The Hall–Kier alpha value is -1.89. The number of nitrogens with two attached hydrogens (primary N) is 1. The molecule has 1 aromatic rings.